The Bertz CT molecular complexity index is 2990. The molecule has 5 heterocycles. The predicted molar refractivity (Wildman–Crippen MR) is 239 cm³/mol. The van der Waals surface area contributed by atoms with Gasteiger partial charge in [0.25, 0.3) is 0 Å². The third kappa shape index (κ3) is 5.42. The summed E-state index contributed by atoms with van der Waals surface area (Å²) < 4.78 is 0. The molecule has 58 heavy (non-hydrogen) atoms. The van der Waals surface area contributed by atoms with Gasteiger partial charge < -0.3 is 0 Å². The predicted octanol–water partition coefficient (Wildman–Crippen LogP) is 12.9. The van der Waals surface area contributed by atoms with E-state index in [1.165, 1.54) is 44.5 Å². The van der Waals surface area contributed by atoms with Gasteiger partial charge in [0.05, 0.1) is 20.0 Å². The van der Waals surface area contributed by atoms with Gasteiger partial charge in [-0.15, -0.1) is 34.0 Å². The summed E-state index contributed by atoms with van der Waals surface area (Å²) in [7, 11) is 0. The van der Waals surface area contributed by atoms with Crippen molar-refractivity contribution in [1.82, 2.24) is 29.9 Å². The molecule has 0 amide bonds. The van der Waals surface area contributed by atoms with Gasteiger partial charge in [0, 0.05) is 11.1 Å². The Morgan fingerprint density at radius 1 is 0.466 bits per heavy atom. The van der Waals surface area contributed by atoms with Crippen LogP contribution in [-0.4, -0.2) is 29.9 Å². The molecule has 1 spiro atoms. The molecule has 9 heteroatoms. The summed E-state index contributed by atoms with van der Waals surface area (Å²) in [6.45, 7) is 4.06. The highest BCUT2D eigenvalue weighted by molar-refractivity contribution is 7.14. The molecule has 0 bridgehead atoms. The number of hydrogen-bond donors (Lipinski definition) is 0. The van der Waals surface area contributed by atoms with Gasteiger partial charge in [0.2, 0.25) is 0 Å². The molecule has 0 radical (unpaired) electrons. The molecule has 276 valence electrons. The van der Waals surface area contributed by atoms with Crippen LogP contribution in [-0.2, 0) is 5.41 Å². The van der Waals surface area contributed by atoms with Crippen LogP contribution in [0.3, 0.4) is 0 Å². The molecule has 2 aliphatic carbocycles. The Kier molecular flexibility index (Phi) is 8.28. The summed E-state index contributed by atoms with van der Waals surface area (Å²) in [6.07, 6.45) is 6.08. The lowest BCUT2D eigenvalue weighted by atomic mass is 9.70. The monoisotopic (exact) mass is 800 g/mol. The molecule has 0 atom stereocenters. The zero-order valence-electron chi connectivity index (χ0n) is 31.4. The van der Waals surface area contributed by atoms with Gasteiger partial charge in [-0.3, -0.25) is 0 Å². The van der Waals surface area contributed by atoms with Crippen molar-refractivity contribution in [1.29, 1.82) is 0 Å². The minimum Gasteiger partial charge on any atom is -0.209 e. The molecule has 4 aromatic carbocycles. The van der Waals surface area contributed by atoms with Gasteiger partial charge >= 0.3 is 0 Å². The number of nitrogens with zero attached hydrogens (tertiary/aromatic N) is 6. The minimum atomic E-state index is -0.613. The third-order valence-electron chi connectivity index (χ3n) is 11.0. The van der Waals surface area contributed by atoms with Crippen molar-refractivity contribution in [2.24, 2.45) is 0 Å². The normalized spacial score (nSPS) is 13.5. The van der Waals surface area contributed by atoms with Crippen molar-refractivity contribution >= 4 is 39.6 Å². The molecule has 11 rings (SSSR count). The second-order valence-electron chi connectivity index (χ2n) is 14.3. The van der Waals surface area contributed by atoms with E-state index in [4.69, 9.17) is 29.9 Å². The summed E-state index contributed by atoms with van der Waals surface area (Å²) >= 11 is 4.90. The van der Waals surface area contributed by atoms with E-state index in [0.29, 0.717) is 34.9 Å². The van der Waals surface area contributed by atoms with Crippen molar-refractivity contribution in [2.45, 2.75) is 19.3 Å². The first-order valence-corrected chi connectivity index (χ1v) is 21.7. The highest BCUT2D eigenvalue weighted by atomic mass is 32.1. The van der Waals surface area contributed by atoms with Crippen LogP contribution in [0.2, 0.25) is 0 Å². The average Bonchev–Trinajstić information content (AvgIpc) is 4.14. The maximum atomic E-state index is 5.12. The molecule has 2 aliphatic rings. The summed E-state index contributed by atoms with van der Waals surface area (Å²) in [6, 6.07) is 43.5. The zero-order chi connectivity index (χ0) is 38.8. The Balaban J connectivity index is 1.15. The Morgan fingerprint density at radius 3 is 1.38 bits per heavy atom. The summed E-state index contributed by atoms with van der Waals surface area (Å²) in [5.74, 6) is 3.98. The highest BCUT2D eigenvalue weighted by Gasteiger charge is 2.52. The fourth-order valence-electron chi connectivity index (χ4n) is 8.47. The first-order valence-electron chi connectivity index (χ1n) is 19.0. The lowest BCUT2D eigenvalue weighted by molar-refractivity contribution is 0.794. The van der Waals surface area contributed by atoms with Crippen molar-refractivity contribution in [3.8, 4) is 77.1 Å². The Morgan fingerprint density at radius 2 is 0.897 bits per heavy atom. The van der Waals surface area contributed by atoms with E-state index >= 15 is 0 Å². The van der Waals surface area contributed by atoms with Crippen molar-refractivity contribution in [2.75, 3.05) is 0 Å². The first-order chi connectivity index (χ1) is 28.6. The van der Waals surface area contributed by atoms with E-state index in [1.54, 1.807) is 34.0 Å². The topological polar surface area (TPSA) is 77.3 Å². The smallest absolute Gasteiger partial charge is 0.174 e. The van der Waals surface area contributed by atoms with Crippen LogP contribution in [0.1, 0.15) is 41.9 Å². The highest BCUT2D eigenvalue weighted by Crippen LogP contribution is 2.63. The number of aromatic nitrogens is 6. The standard InChI is InChI=1S/C49H32N6S3/c1-3-4-12-29(2)43-50-44(52-46(51-43)40-17-9-24-56-40)30-20-22-34-35-23-21-31(45-53-47(41-18-10-25-57-41)55-48(54-45)42-19-11-26-58-42)28-39(35)49(38(34)27-30)36-15-7-5-13-32(36)33-14-6-8-16-37(33)49/h3-28H,1-2H3/b4-3-,29-12+. The van der Waals surface area contributed by atoms with E-state index in [2.05, 4.69) is 132 Å². The number of thiophene rings is 3. The van der Waals surface area contributed by atoms with Crippen LogP contribution in [0.5, 0.6) is 0 Å². The van der Waals surface area contributed by atoms with Crippen molar-refractivity contribution in [3.05, 3.63) is 184 Å². The maximum absolute atomic E-state index is 5.12. The molecule has 0 N–H and O–H groups in total. The number of benzene rings is 4. The average molecular weight is 801 g/mol. The molecule has 9 aromatic rings. The molecule has 6 nitrogen and oxygen atoms in total. The number of rotatable bonds is 7. The molecule has 0 fully saturated rings. The SMILES string of the molecule is C/C=C\C=C(/C)c1nc(-c2ccc3c(c2)C2(c4ccccc4-c4ccccc42)c2cc(-c4nc(-c5cccs5)nc(-c5cccs5)n4)ccc2-3)nc(-c2cccs2)n1. The Hall–Kier alpha value is -6.52. The van der Waals surface area contributed by atoms with Gasteiger partial charge in [0.1, 0.15) is 0 Å². The van der Waals surface area contributed by atoms with Gasteiger partial charge in [0.15, 0.2) is 34.9 Å². The second kappa shape index (κ2) is 13.8. The molecule has 0 saturated heterocycles. The molecular weight excluding hydrogens is 769 g/mol. The Labute approximate surface area is 347 Å². The van der Waals surface area contributed by atoms with E-state index in [1.807, 2.05) is 37.3 Å². The summed E-state index contributed by atoms with van der Waals surface area (Å²) in [5, 5.41) is 6.18. The maximum Gasteiger partial charge on any atom is 0.174 e. The van der Waals surface area contributed by atoms with Crippen LogP contribution in [0.15, 0.2) is 156 Å². The molecular formula is C49H32N6S3. The fraction of sp³-hybridized carbons (Fsp3) is 0.0612. The van der Waals surface area contributed by atoms with E-state index in [9.17, 15) is 0 Å². The van der Waals surface area contributed by atoms with Gasteiger partial charge in [-0.1, -0.05) is 109 Å². The summed E-state index contributed by atoms with van der Waals surface area (Å²) in [5.41, 5.74) is 12.0. The first kappa shape index (κ1) is 34.7. The lowest BCUT2D eigenvalue weighted by Crippen LogP contribution is -2.26. The van der Waals surface area contributed by atoms with E-state index in [0.717, 1.165) is 31.3 Å². The lowest BCUT2D eigenvalue weighted by Gasteiger charge is -2.31. The van der Waals surface area contributed by atoms with Crippen LogP contribution in [0.4, 0.5) is 0 Å². The molecule has 0 saturated carbocycles. The van der Waals surface area contributed by atoms with Gasteiger partial charge in [-0.2, -0.15) is 0 Å². The fourth-order valence-corrected chi connectivity index (χ4v) is 10.4. The molecule has 0 aliphatic heterocycles. The number of hydrogen-bond acceptors (Lipinski definition) is 9. The van der Waals surface area contributed by atoms with E-state index in [-0.39, 0.29) is 0 Å². The van der Waals surface area contributed by atoms with Gasteiger partial charge in [-0.05, 0) is 110 Å². The van der Waals surface area contributed by atoms with Crippen LogP contribution >= 0.6 is 34.0 Å². The largest absolute Gasteiger partial charge is 0.209 e. The number of fused-ring (bicyclic) bond motifs is 10. The third-order valence-corrected chi connectivity index (χ3v) is 13.6. The van der Waals surface area contributed by atoms with E-state index < -0.39 is 5.41 Å². The van der Waals surface area contributed by atoms with Crippen LogP contribution in [0.25, 0.3) is 82.7 Å². The number of allylic oxidation sites excluding steroid dienone is 4. The van der Waals surface area contributed by atoms with Crippen molar-refractivity contribution in [3.63, 3.8) is 0 Å². The minimum absolute atomic E-state index is 0.613. The molecule has 0 unspecified atom stereocenters. The van der Waals surface area contributed by atoms with Crippen molar-refractivity contribution < 1.29 is 0 Å². The second-order valence-corrected chi connectivity index (χ2v) is 17.1. The van der Waals surface area contributed by atoms with Crippen LogP contribution in [0, 0.1) is 0 Å². The summed E-state index contributed by atoms with van der Waals surface area (Å²) in [4.78, 5) is 33.4. The van der Waals surface area contributed by atoms with Gasteiger partial charge in [-0.25, -0.2) is 29.9 Å². The van der Waals surface area contributed by atoms with Crippen LogP contribution < -0.4 is 0 Å². The molecule has 5 aromatic heterocycles. The quantitative estimate of drug-likeness (QED) is 0.149. The zero-order valence-corrected chi connectivity index (χ0v) is 33.9.